The molecule has 0 rings (SSSR count). The second-order valence-corrected chi connectivity index (χ2v) is 13.3. The Labute approximate surface area is 341 Å². The Bertz CT molecular complexity index is 1300. The van der Waals surface area contributed by atoms with E-state index in [-0.39, 0.29) is 44.0 Å². The summed E-state index contributed by atoms with van der Waals surface area (Å²) in [6, 6.07) is 0. The molecular formula is C50H74O6. The molecule has 0 saturated carbocycles. The smallest absolute Gasteiger partial charge is 0.306 e. The zero-order valence-corrected chi connectivity index (χ0v) is 35.1. The predicted octanol–water partition coefficient (Wildman–Crippen LogP) is 13.6. The van der Waals surface area contributed by atoms with Crippen LogP contribution in [0.5, 0.6) is 0 Å². The zero-order chi connectivity index (χ0) is 40.8. The van der Waals surface area contributed by atoms with Gasteiger partial charge in [-0.15, -0.1) is 0 Å². The third kappa shape index (κ3) is 40.7. The van der Waals surface area contributed by atoms with Crippen molar-refractivity contribution in [2.24, 2.45) is 0 Å². The van der Waals surface area contributed by atoms with Gasteiger partial charge in [-0.05, 0) is 77.0 Å². The van der Waals surface area contributed by atoms with Crippen LogP contribution in [-0.4, -0.2) is 37.2 Å². The first-order valence-electron chi connectivity index (χ1n) is 21.3. The molecule has 0 aliphatic carbocycles. The van der Waals surface area contributed by atoms with Gasteiger partial charge in [0.25, 0.3) is 0 Å². The largest absolute Gasteiger partial charge is 0.462 e. The fourth-order valence-electron chi connectivity index (χ4n) is 4.99. The lowest BCUT2D eigenvalue weighted by Gasteiger charge is -2.18. The summed E-state index contributed by atoms with van der Waals surface area (Å²) < 4.78 is 16.6. The molecule has 6 nitrogen and oxygen atoms in total. The highest BCUT2D eigenvalue weighted by atomic mass is 16.6. The fraction of sp³-hybridized carbons (Fsp3) is 0.500. The lowest BCUT2D eigenvalue weighted by molar-refractivity contribution is -0.167. The molecule has 0 bridgehead atoms. The van der Waals surface area contributed by atoms with Crippen molar-refractivity contribution < 1.29 is 28.6 Å². The molecule has 0 aromatic carbocycles. The van der Waals surface area contributed by atoms with E-state index in [0.717, 1.165) is 89.9 Å². The molecule has 310 valence electrons. The maximum Gasteiger partial charge on any atom is 0.306 e. The maximum atomic E-state index is 12.7. The summed E-state index contributed by atoms with van der Waals surface area (Å²) in [5, 5.41) is 0. The molecule has 0 heterocycles. The van der Waals surface area contributed by atoms with E-state index in [9.17, 15) is 14.4 Å². The van der Waals surface area contributed by atoms with E-state index in [2.05, 4.69) is 63.3 Å². The molecule has 0 aliphatic rings. The average molecular weight is 771 g/mol. The minimum absolute atomic E-state index is 0.130. The highest BCUT2D eigenvalue weighted by molar-refractivity contribution is 5.71. The van der Waals surface area contributed by atoms with E-state index in [1.54, 1.807) is 0 Å². The van der Waals surface area contributed by atoms with Gasteiger partial charge in [-0.1, -0.05) is 180 Å². The number of esters is 3. The van der Waals surface area contributed by atoms with E-state index in [0.29, 0.717) is 19.3 Å². The Hall–Kier alpha value is -4.45. The Kier molecular flexibility index (Phi) is 39.8. The summed E-state index contributed by atoms with van der Waals surface area (Å²) in [4.78, 5) is 37.6. The van der Waals surface area contributed by atoms with Crippen molar-refractivity contribution in [3.05, 3.63) is 134 Å². The van der Waals surface area contributed by atoms with Crippen molar-refractivity contribution >= 4 is 17.9 Å². The summed E-state index contributed by atoms with van der Waals surface area (Å²) >= 11 is 0. The van der Waals surface area contributed by atoms with Gasteiger partial charge < -0.3 is 14.2 Å². The maximum absolute atomic E-state index is 12.7. The Balaban J connectivity index is 4.64. The molecule has 1 atom stereocenters. The normalized spacial score (nSPS) is 13.4. The second-order valence-electron chi connectivity index (χ2n) is 13.3. The monoisotopic (exact) mass is 771 g/mol. The lowest BCUT2D eigenvalue weighted by atomic mass is 10.1. The van der Waals surface area contributed by atoms with Crippen molar-refractivity contribution in [3.8, 4) is 0 Å². The molecule has 1 unspecified atom stereocenters. The molecule has 0 N–H and O–H groups in total. The minimum Gasteiger partial charge on any atom is -0.462 e. The van der Waals surface area contributed by atoms with Crippen molar-refractivity contribution in [1.29, 1.82) is 0 Å². The van der Waals surface area contributed by atoms with Crippen LogP contribution >= 0.6 is 0 Å². The number of hydrogen-bond donors (Lipinski definition) is 0. The van der Waals surface area contributed by atoms with Crippen LogP contribution in [0.15, 0.2) is 134 Å². The lowest BCUT2D eigenvalue weighted by Crippen LogP contribution is -2.30. The third-order valence-electron chi connectivity index (χ3n) is 8.10. The number of allylic oxidation sites excluding steroid dienone is 22. The third-order valence-corrected chi connectivity index (χ3v) is 8.10. The van der Waals surface area contributed by atoms with Crippen LogP contribution in [0.1, 0.15) is 143 Å². The van der Waals surface area contributed by atoms with Crippen LogP contribution in [0.4, 0.5) is 0 Å². The first kappa shape index (κ1) is 51.5. The van der Waals surface area contributed by atoms with Crippen molar-refractivity contribution in [2.45, 2.75) is 149 Å². The van der Waals surface area contributed by atoms with Crippen molar-refractivity contribution in [2.75, 3.05) is 13.2 Å². The molecule has 0 aliphatic heterocycles. The molecule has 0 aromatic heterocycles. The van der Waals surface area contributed by atoms with Gasteiger partial charge in [0.15, 0.2) is 6.10 Å². The molecule has 0 amide bonds. The first-order valence-corrected chi connectivity index (χ1v) is 21.3. The van der Waals surface area contributed by atoms with Crippen LogP contribution in [0.3, 0.4) is 0 Å². The number of hydrogen-bond acceptors (Lipinski definition) is 6. The van der Waals surface area contributed by atoms with Crippen LogP contribution < -0.4 is 0 Å². The average Bonchev–Trinajstić information content (AvgIpc) is 3.19. The SMILES string of the molecule is CC\C=C/C=C\C=C/C=C\C=C/CCCC(=O)OCC(COC(=O)CCCCCCC/C=C\C/C=C\CC)OC(=O)CCCCC\C=C/C=C\C=C/C=C\CC. The second kappa shape index (κ2) is 43.3. The van der Waals surface area contributed by atoms with Gasteiger partial charge in [-0.2, -0.15) is 0 Å². The van der Waals surface area contributed by atoms with E-state index in [4.69, 9.17) is 14.2 Å². The summed E-state index contributed by atoms with van der Waals surface area (Å²) in [6.07, 6.45) is 60.1. The van der Waals surface area contributed by atoms with Crippen LogP contribution in [0.25, 0.3) is 0 Å². The van der Waals surface area contributed by atoms with Gasteiger partial charge in [0.1, 0.15) is 13.2 Å². The van der Waals surface area contributed by atoms with Crippen LogP contribution in [-0.2, 0) is 28.6 Å². The molecule has 6 heteroatoms. The van der Waals surface area contributed by atoms with Crippen LogP contribution in [0.2, 0.25) is 0 Å². The molecule has 0 fully saturated rings. The summed E-state index contributed by atoms with van der Waals surface area (Å²) in [6.45, 7) is 6.08. The molecule has 0 radical (unpaired) electrons. The topological polar surface area (TPSA) is 78.9 Å². The van der Waals surface area contributed by atoms with Gasteiger partial charge in [-0.3, -0.25) is 14.4 Å². The number of unbranched alkanes of at least 4 members (excludes halogenated alkanes) is 9. The number of ether oxygens (including phenoxy) is 3. The Morgan fingerprint density at radius 1 is 0.375 bits per heavy atom. The van der Waals surface area contributed by atoms with Crippen molar-refractivity contribution in [1.82, 2.24) is 0 Å². The number of rotatable bonds is 35. The van der Waals surface area contributed by atoms with Gasteiger partial charge in [0.05, 0.1) is 0 Å². The first-order chi connectivity index (χ1) is 27.5. The fourth-order valence-corrected chi connectivity index (χ4v) is 4.99. The van der Waals surface area contributed by atoms with E-state index < -0.39 is 6.10 Å². The Morgan fingerprint density at radius 3 is 1.29 bits per heavy atom. The highest BCUT2D eigenvalue weighted by Gasteiger charge is 2.19. The quantitative estimate of drug-likeness (QED) is 0.0210. The van der Waals surface area contributed by atoms with Gasteiger partial charge >= 0.3 is 17.9 Å². The molecule has 56 heavy (non-hydrogen) atoms. The Morgan fingerprint density at radius 2 is 0.750 bits per heavy atom. The summed E-state index contributed by atoms with van der Waals surface area (Å²) in [7, 11) is 0. The number of carbonyl (C=O) groups excluding carboxylic acids is 3. The molecular weight excluding hydrogens is 697 g/mol. The minimum atomic E-state index is -0.835. The molecule has 0 aromatic rings. The zero-order valence-electron chi connectivity index (χ0n) is 35.1. The van der Waals surface area contributed by atoms with E-state index in [1.165, 1.54) is 0 Å². The highest BCUT2D eigenvalue weighted by Crippen LogP contribution is 2.11. The standard InChI is InChI=1S/C50H74O6/c1-4-7-10-13-16-19-22-25-28-31-34-37-40-43-49(52)55-46-47(45-54-48(51)42-39-36-33-30-27-24-21-18-15-12-9-6-3)56-50(53)44-41-38-35-32-29-26-23-20-17-14-11-8-5-2/h7-14,16-23,25-26,28-29,31,34,47H,4-6,15,24,27,30,32-33,35-46H2,1-3H3/b10-7-,11-8-,12-9-,16-13-,17-14-,21-18-,22-19-,23-20-,28-25-,29-26-,34-31-. The molecule has 0 saturated heterocycles. The number of carbonyl (C=O) groups is 3. The summed E-state index contributed by atoms with van der Waals surface area (Å²) in [5.74, 6) is -1.08. The van der Waals surface area contributed by atoms with E-state index >= 15 is 0 Å². The van der Waals surface area contributed by atoms with Crippen LogP contribution in [0, 0.1) is 0 Å². The van der Waals surface area contributed by atoms with Gasteiger partial charge in [0, 0.05) is 19.3 Å². The molecule has 0 spiro atoms. The van der Waals surface area contributed by atoms with Gasteiger partial charge in [-0.25, -0.2) is 0 Å². The van der Waals surface area contributed by atoms with Gasteiger partial charge in [0.2, 0.25) is 0 Å². The van der Waals surface area contributed by atoms with Crippen molar-refractivity contribution in [3.63, 3.8) is 0 Å². The predicted molar refractivity (Wildman–Crippen MR) is 237 cm³/mol. The van der Waals surface area contributed by atoms with E-state index in [1.807, 2.05) is 91.1 Å². The summed E-state index contributed by atoms with van der Waals surface area (Å²) in [5.41, 5.74) is 0.